The summed E-state index contributed by atoms with van der Waals surface area (Å²) in [4.78, 5) is 15.4. The predicted molar refractivity (Wildman–Crippen MR) is 115 cm³/mol. The number of rotatable bonds is 6. The highest BCUT2D eigenvalue weighted by Crippen LogP contribution is 2.40. The Kier molecular flexibility index (Phi) is 10.4. The Morgan fingerprint density at radius 1 is 1.04 bits per heavy atom. The van der Waals surface area contributed by atoms with Crippen LogP contribution in [0.1, 0.15) is 71.1 Å². The molecule has 1 heterocycles. The van der Waals surface area contributed by atoms with E-state index in [-0.39, 0.29) is 47.7 Å². The SMILES string of the molecule is CC(NC(=O)CC1(CN)CCCCC1)C1(N2CCOCC2)CCCC1.Cl.Cl. The van der Waals surface area contributed by atoms with Gasteiger partial charge < -0.3 is 15.8 Å². The van der Waals surface area contributed by atoms with Crippen LogP contribution in [0.3, 0.4) is 0 Å². The third kappa shape index (κ3) is 5.72. The van der Waals surface area contributed by atoms with Crippen LogP contribution in [0.5, 0.6) is 0 Å². The molecule has 2 aliphatic carbocycles. The molecule has 1 amide bonds. The Hall–Kier alpha value is -0.0700. The minimum atomic E-state index is 0. The number of hydrogen-bond acceptors (Lipinski definition) is 4. The lowest BCUT2D eigenvalue weighted by Crippen LogP contribution is -2.62. The van der Waals surface area contributed by atoms with Crippen LogP contribution in [-0.2, 0) is 9.53 Å². The smallest absolute Gasteiger partial charge is 0.220 e. The molecule has 3 N–H and O–H groups in total. The van der Waals surface area contributed by atoms with Crippen molar-refractivity contribution in [3.63, 3.8) is 0 Å². The first-order chi connectivity index (χ1) is 12.1. The second-order valence-electron chi connectivity index (χ2n) is 8.64. The van der Waals surface area contributed by atoms with Gasteiger partial charge in [0.2, 0.25) is 5.91 Å². The zero-order valence-electron chi connectivity index (χ0n) is 16.8. The van der Waals surface area contributed by atoms with Crippen LogP contribution in [0.25, 0.3) is 0 Å². The van der Waals surface area contributed by atoms with Gasteiger partial charge in [0.25, 0.3) is 0 Å². The molecular weight excluding hydrogens is 385 g/mol. The van der Waals surface area contributed by atoms with Gasteiger partial charge in [0.05, 0.1) is 13.2 Å². The number of hydrogen-bond donors (Lipinski definition) is 2. The van der Waals surface area contributed by atoms with Crippen molar-refractivity contribution >= 4 is 30.7 Å². The second-order valence-corrected chi connectivity index (χ2v) is 8.64. The molecule has 0 aromatic rings. The van der Waals surface area contributed by atoms with Crippen molar-refractivity contribution in [2.75, 3.05) is 32.8 Å². The van der Waals surface area contributed by atoms with E-state index in [2.05, 4.69) is 17.1 Å². The molecule has 0 aromatic heterocycles. The number of amides is 1. The highest BCUT2D eigenvalue weighted by Gasteiger charge is 2.45. The summed E-state index contributed by atoms with van der Waals surface area (Å²) < 4.78 is 5.55. The molecule has 3 fully saturated rings. The highest BCUT2D eigenvalue weighted by atomic mass is 35.5. The number of carbonyl (C=O) groups is 1. The van der Waals surface area contributed by atoms with Gasteiger partial charge in [-0.15, -0.1) is 24.8 Å². The van der Waals surface area contributed by atoms with Gasteiger partial charge in [-0.1, -0.05) is 32.1 Å². The van der Waals surface area contributed by atoms with Crippen LogP contribution in [0, 0.1) is 5.41 Å². The number of carbonyl (C=O) groups excluding carboxylic acids is 1. The van der Waals surface area contributed by atoms with E-state index < -0.39 is 0 Å². The first kappa shape index (κ1) is 25.0. The molecule has 3 rings (SSSR count). The molecule has 3 aliphatic rings. The second kappa shape index (κ2) is 11.2. The molecule has 0 spiro atoms. The van der Waals surface area contributed by atoms with Crippen molar-refractivity contribution in [1.82, 2.24) is 10.2 Å². The fourth-order valence-electron chi connectivity index (χ4n) is 5.54. The summed E-state index contributed by atoms with van der Waals surface area (Å²) >= 11 is 0. The quantitative estimate of drug-likeness (QED) is 0.687. The van der Waals surface area contributed by atoms with Gasteiger partial charge >= 0.3 is 0 Å². The van der Waals surface area contributed by atoms with Crippen LogP contribution in [0.2, 0.25) is 0 Å². The molecule has 2 saturated carbocycles. The molecule has 1 unspecified atom stereocenters. The molecule has 1 atom stereocenters. The number of morpholine rings is 1. The standard InChI is InChI=1S/C20H37N3O2.2ClH/c1-17(20(9-5-6-10-20)23-11-13-25-14-12-23)22-18(24)15-19(16-21)7-3-2-4-8-19;;/h17H,2-16,21H2,1H3,(H,22,24);2*1H. The molecule has 0 radical (unpaired) electrons. The zero-order chi connectivity index (χ0) is 17.8. The van der Waals surface area contributed by atoms with Crippen molar-refractivity contribution in [3.05, 3.63) is 0 Å². The average molecular weight is 424 g/mol. The Balaban J connectivity index is 0.00000182. The Morgan fingerprint density at radius 3 is 2.15 bits per heavy atom. The van der Waals surface area contributed by atoms with Crippen LogP contribution in [0.15, 0.2) is 0 Å². The van der Waals surface area contributed by atoms with Crippen LogP contribution >= 0.6 is 24.8 Å². The summed E-state index contributed by atoms with van der Waals surface area (Å²) in [5.74, 6) is 0.208. The highest BCUT2D eigenvalue weighted by molar-refractivity contribution is 5.85. The molecule has 160 valence electrons. The van der Waals surface area contributed by atoms with Gasteiger partial charge in [-0.05, 0) is 44.6 Å². The lowest BCUT2D eigenvalue weighted by Gasteiger charge is -2.47. The minimum Gasteiger partial charge on any atom is -0.379 e. The maximum absolute atomic E-state index is 12.9. The van der Waals surface area contributed by atoms with E-state index in [9.17, 15) is 4.79 Å². The van der Waals surface area contributed by atoms with Crippen LogP contribution in [-0.4, -0.2) is 55.2 Å². The maximum atomic E-state index is 12.9. The summed E-state index contributed by atoms with van der Waals surface area (Å²) in [7, 11) is 0. The monoisotopic (exact) mass is 423 g/mol. The normalized spacial score (nSPS) is 25.7. The molecule has 7 heteroatoms. The Labute approximate surface area is 177 Å². The van der Waals surface area contributed by atoms with E-state index in [4.69, 9.17) is 10.5 Å². The Bertz CT molecular complexity index is 447. The summed E-state index contributed by atoms with van der Waals surface area (Å²) in [6, 6.07) is 0.194. The fraction of sp³-hybridized carbons (Fsp3) is 0.950. The summed E-state index contributed by atoms with van der Waals surface area (Å²) in [5, 5.41) is 3.39. The van der Waals surface area contributed by atoms with Gasteiger partial charge in [-0.3, -0.25) is 9.69 Å². The number of nitrogens with one attached hydrogen (secondary N) is 1. The average Bonchev–Trinajstić information content (AvgIpc) is 3.14. The predicted octanol–water partition coefficient (Wildman–Crippen LogP) is 3.28. The van der Waals surface area contributed by atoms with E-state index in [0.717, 1.165) is 39.1 Å². The van der Waals surface area contributed by atoms with Gasteiger partial charge in [0, 0.05) is 31.1 Å². The van der Waals surface area contributed by atoms with Gasteiger partial charge in [0.1, 0.15) is 0 Å². The van der Waals surface area contributed by atoms with Crippen molar-refractivity contribution in [2.24, 2.45) is 11.1 Å². The number of halogens is 2. The lowest BCUT2D eigenvalue weighted by atomic mass is 9.71. The van der Waals surface area contributed by atoms with Crippen molar-refractivity contribution < 1.29 is 9.53 Å². The Morgan fingerprint density at radius 2 is 1.59 bits per heavy atom. The van der Waals surface area contributed by atoms with E-state index in [1.807, 2.05) is 0 Å². The molecular formula is C20H39Cl2N3O2. The van der Waals surface area contributed by atoms with E-state index in [1.54, 1.807) is 0 Å². The molecule has 0 aromatic carbocycles. The third-order valence-electron chi connectivity index (χ3n) is 7.18. The molecule has 27 heavy (non-hydrogen) atoms. The summed E-state index contributed by atoms with van der Waals surface area (Å²) in [6.07, 6.45) is 11.5. The number of ether oxygens (including phenoxy) is 1. The molecule has 5 nitrogen and oxygen atoms in total. The van der Waals surface area contributed by atoms with Crippen molar-refractivity contribution in [3.8, 4) is 0 Å². The number of nitrogens with zero attached hydrogens (tertiary/aromatic N) is 1. The van der Waals surface area contributed by atoms with Crippen LogP contribution in [0.4, 0.5) is 0 Å². The van der Waals surface area contributed by atoms with E-state index in [0.29, 0.717) is 13.0 Å². The van der Waals surface area contributed by atoms with Gasteiger partial charge in [-0.25, -0.2) is 0 Å². The maximum Gasteiger partial charge on any atom is 0.220 e. The third-order valence-corrected chi connectivity index (χ3v) is 7.18. The fourth-order valence-corrected chi connectivity index (χ4v) is 5.54. The molecule has 1 saturated heterocycles. The molecule has 1 aliphatic heterocycles. The molecule has 0 bridgehead atoms. The van der Waals surface area contributed by atoms with E-state index in [1.165, 1.54) is 44.9 Å². The zero-order valence-corrected chi connectivity index (χ0v) is 18.5. The van der Waals surface area contributed by atoms with Crippen molar-refractivity contribution in [2.45, 2.75) is 82.7 Å². The lowest BCUT2D eigenvalue weighted by molar-refractivity contribution is -0.126. The van der Waals surface area contributed by atoms with Crippen LogP contribution < -0.4 is 11.1 Å². The topological polar surface area (TPSA) is 67.6 Å². The first-order valence-electron chi connectivity index (χ1n) is 10.4. The summed E-state index contributed by atoms with van der Waals surface area (Å²) in [6.45, 7) is 6.48. The largest absolute Gasteiger partial charge is 0.379 e. The first-order valence-corrected chi connectivity index (χ1v) is 10.4. The number of nitrogens with two attached hydrogens (primary N) is 1. The summed E-state index contributed by atoms with van der Waals surface area (Å²) in [5.41, 5.74) is 6.25. The van der Waals surface area contributed by atoms with Gasteiger partial charge in [0.15, 0.2) is 0 Å². The minimum absolute atomic E-state index is 0. The van der Waals surface area contributed by atoms with Gasteiger partial charge in [-0.2, -0.15) is 0 Å². The van der Waals surface area contributed by atoms with Crippen molar-refractivity contribution in [1.29, 1.82) is 0 Å². The van der Waals surface area contributed by atoms with E-state index >= 15 is 0 Å².